The summed E-state index contributed by atoms with van der Waals surface area (Å²) in [6.45, 7) is 13.8. The fraction of sp³-hybridized carbons (Fsp3) is 0.632. The number of likely N-dealkylation sites (tertiary alicyclic amines) is 1. The zero-order valence-electron chi connectivity index (χ0n) is 14.6. The number of piperidine rings is 1. The number of ketones is 1. The van der Waals surface area contributed by atoms with Crippen LogP contribution < -0.4 is 4.74 Å². The predicted molar refractivity (Wildman–Crippen MR) is 90.8 cm³/mol. The first kappa shape index (κ1) is 17.0. The average Bonchev–Trinajstić information content (AvgIpc) is 2.41. The zero-order valence-corrected chi connectivity index (χ0v) is 14.6. The van der Waals surface area contributed by atoms with Gasteiger partial charge < -0.3 is 4.74 Å². The number of aryl methyl sites for hydroxylation is 2. The van der Waals surface area contributed by atoms with E-state index in [1.54, 1.807) is 0 Å². The van der Waals surface area contributed by atoms with Crippen molar-refractivity contribution in [3.63, 3.8) is 0 Å². The molecule has 22 heavy (non-hydrogen) atoms. The van der Waals surface area contributed by atoms with Crippen LogP contribution in [0.25, 0.3) is 0 Å². The third-order valence-corrected chi connectivity index (χ3v) is 4.43. The molecule has 2 atom stereocenters. The molecule has 0 amide bonds. The highest BCUT2D eigenvalue weighted by Crippen LogP contribution is 2.25. The molecule has 3 nitrogen and oxygen atoms in total. The Morgan fingerprint density at radius 3 is 2.41 bits per heavy atom. The lowest BCUT2D eigenvalue weighted by atomic mass is 9.91. The summed E-state index contributed by atoms with van der Waals surface area (Å²) in [5.74, 6) is 2.47. The smallest absolute Gasteiger partial charge is 0.177 e. The molecule has 0 radical (unpaired) electrons. The van der Waals surface area contributed by atoms with Crippen molar-refractivity contribution in [3.05, 3.63) is 28.8 Å². The van der Waals surface area contributed by atoms with Gasteiger partial charge >= 0.3 is 0 Å². The maximum atomic E-state index is 12.7. The predicted octanol–water partition coefficient (Wildman–Crippen LogP) is 3.86. The Balaban J connectivity index is 2.11. The molecule has 1 aromatic rings. The van der Waals surface area contributed by atoms with Crippen LogP contribution in [0.15, 0.2) is 12.1 Å². The molecule has 0 aliphatic carbocycles. The second-order valence-corrected chi connectivity index (χ2v) is 6.93. The quantitative estimate of drug-likeness (QED) is 0.774. The molecule has 0 bridgehead atoms. The van der Waals surface area contributed by atoms with Crippen LogP contribution in [0.3, 0.4) is 0 Å². The van der Waals surface area contributed by atoms with Crippen LogP contribution in [0.5, 0.6) is 5.75 Å². The second-order valence-electron chi connectivity index (χ2n) is 6.93. The minimum Gasteiger partial charge on any atom is -0.494 e. The second kappa shape index (κ2) is 7.28. The molecular weight excluding hydrogens is 274 g/mol. The van der Waals surface area contributed by atoms with Gasteiger partial charge in [-0.2, -0.15) is 0 Å². The summed E-state index contributed by atoms with van der Waals surface area (Å²) in [4.78, 5) is 15.0. The minimum atomic E-state index is 0.227. The van der Waals surface area contributed by atoms with Crippen LogP contribution >= 0.6 is 0 Å². The first-order valence-electron chi connectivity index (χ1n) is 8.40. The van der Waals surface area contributed by atoms with E-state index in [1.807, 2.05) is 32.9 Å². The lowest BCUT2D eigenvalue weighted by Crippen LogP contribution is -2.41. The van der Waals surface area contributed by atoms with E-state index in [2.05, 4.69) is 18.7 Å². The largest absolute Gasteiger partial charge is 0.494 e. The van der Waals surface area contributed by atoms with E-state index in [1.165, 1.54) is 6.42 Å². The number of hydrogen-bond donors (Lipinski definition) is 0. The molecule has 2 unspecified atom stereocenters. The molecule has 1 saturated heterocycles. The summed E-state index contributed by atoms with van der Waals surface area (Å²) in [6.07, 6.45) is 1.27. The average molecular weight is 303 g/mol. The standard InChI is InChI=1S/C19H29NO2/c1-6-22-19-9-15(4)17(8-16(19)5)18(21)12-20-10-13(2)7-14(3)11-20/h8-9,13-14H,6-7,10-12H2,1-5H3. The maximum Gasteiger partial charge on any atom is 0.177 e. The van der Waals surface area contributed by atoms with Gasteiger partial charge in [-0.3, -0.25) is 9.69 Å². The third kappa shape index (κ3) is 4.10. The topological polar surface area (TPSA) is 29.5 Å². The van der Waals surface area contributed by atoms with Gasteiger partial charge in [0.15, 0.2) is 5.78 Å². The number of rotatable bonds is 5. The summed E-state index contributed by atoms with van der Waals surface area (Å²) >= 11 is 0. The van der Waals surface area contributed by atoms with Gasteiger partial charge in [-0.25, -0.2) is 0 Å². The Morgan fingerprint density at radius 1 is 1.18 bits per heavy atom. The zero-order chi connectivity index (χ0) is 16.3. The lowest BCUT2D eigenvalue weighted by Gasteiger charge is -2.34. The van der Waals surface area contributed by atoms with Gasteiger partial charge in [0.05, 0.1) is 13.2 Å². The van der Waals surface area contributed by atoms with Crippen molar-refractivity contribution in [2.75, 3.05) is 26.2 Å². The maximum absolute atomic E-state index is 12.7. The van der Waals surface area contributed by atoms with E-state index in [0.29, 0.717) is 25.0 Å². The van der Waals surface area contributed by atoms with Crippen LogP contribution in [0, 0.1) is 25.7 Å². The highest BCUT2D eigenvalue weighted by Gasteiger charge is 2.24. The van der Waals surface area contributed by atoms with E-state index in [9.17, 15) is 4.79 Å². The van der Waals surface area contributed by atoms with E-state index >= 15 is 0 Å². The lowest BCUT2D eigenvalue weighted by molar-refractivity contribution is 0.0849. The Morgan fingerprint density at radius 2 is 1.82 bits per heavy atom. The van der Waals surface area contributed by atoms with Gasteiger partial charge in [-0.1, -0.05) is 13.8 Å². The highest BCUT2D eigenvalue weighted by atomic mass is 16.5. The number of Topliss-reactive ketones (excluding diaryl/α,β-unsaturated/α-hetero) is 1. The number of hydrogen-bond acceptors (Lipinski definition) is 3. The molecule has 1 heterocycles. The number of nitrogens with zero attached hydrogens (tertiary/aromatic N) is 1. The van der Waals surface area contributed by atoms with Crippen molar-refractivity contribution in [2.24, 2.45) is 11.8 Å². The SMILES string of the molecule is CCOc1cc(C)c(C(=O)CN2CC(C)CC(C)C2)cc1C. The number of ether oxygens (including phenoxy) is 1. The molecule has 122 valence electrons. The monoisotopic (exact) mass is 303 g/mol. The molecule has 3 heteroatoms. The Labute approximate surface area is 134 Å². The highest BCUT2D eigenvalue weighted by molar-refractivity contribution is 5.99. The van der Waals surface area contributed by atoms with Crippen molar-refractivity contribution in [2.45, 2.75) is 41.0 Å². The van der Waals surface area contributed by atoms with E-state index in [4.69, 9.17) is 4.74 Å². The van der Waals surface area contributed by atoms with E-state index in [-0.39, 0.29) is 5.78 Å². The first-order chi connectivity index (χ1) is 10.4. The Kier molecular flexibility index (Phi) is 5.63. The van der Waals surface area contributed by atoms with Crippen LogP contribution in [-0.2, 0) is 0 Å². The molecule has 1 aromatic carbocycles. The number of carbonyl (C=O) groups excluding carboxylic acids is 1. The molecule has 1 aliphatic heterocycles. The normalized spacial score (nSPS) is 22.6. The van der Waals surface area contributed by atoms with Gasteiger partial charge in [-0.05, 0) is 62.3 Å². The van der Waals surface area contributed by atoms with Crippen molar-refractivity contribution in [1.29, 1.82) is 0 Å². The summed E-state index contributed by atoms with van der Waals surface area (Å²) in [7, 11) is 0. The van der Waals surface area contributed by atoms with Gasteiger partial charge in [-0.15, -0.1) is 0 Å². The molecule has 0 N–H and O–H groups in total. The van der Waals surface area contributed by atoms with Crippen LogP contribution in [0.1, 0.15) is 48.7 Å². The van der Waals surface area contributed by atoms with Crippen LogP contribution in [-0.4, -0.2) is 36.9 Å². The van der Waals surface area contributed by atoms with Gasteiger partial charge in [0.1, 0.15) is 5.75 Å². The van der Waals surface area contributed by atoms with E-state index < -0.39 is 0 Å². The van der Waals surface area contributed by atoms with Crippen molar-refractivity contribution in [1.82, 2.24) is 4.90 Å². The van der Waals surface area contributed by atoms with Gasteiger partial charge in [0, 0.05) is 18.7 Å². The van der Waals surface area contributed by atoms with Gasteiger partial charge in [0.25, 0.3) is 0 Å². The molecule has 1 aliphatic rings. The Bertz CT molecular complexity index is 528. The van der Waals surface area contributed by atoms with Crippen LogP contribution in [0.4, 0.5) is 0 Å². The fourth-order valence-electron chi connectivity index (χ4n) is 3.61. The first-order valence-corrected chi connectivity index (χ1v) is 8.40. The number of carbonyl (C=O) groups is 1. The summed E-state index contributed by atoms with van der Waals surface area (Å²) < 4.78 is 5.61. The minimum absolute atomic E-state index is 0.227. The van der Waals surface area contributed by atoms with Crippen molar-refractivity contribution >= 4 is 5.78 Å². The summed E-state index contributed by atoms with van der Waals surface area (Å²) in [5.41, 5.74) is 2.89. The molecular formula is C19H29NO2. The molecule has 0 spiro atoms. The van der Waals surface area contributed by atoms with E-state index in [0.717, 1.165) is 35.5 Å². The molecule has 1 fully saturated rings. The molecule has 0 aromatic heterocycles. The molecule has 0 saturated carbocycles. The van der Waals surface area contributed by atoms with Crippen molar-refractivity contribution in [3.8, 4) is 5.75 Å². The van der Waals surface area contributed by atoms with Crippen LogP contribution in [0.2, 0.25) is 0 Å². The Hall–Kier alpha value is -1.35. The number of benzene rings is 1. The summed E-state index contributed by atoms with van der Waals surface area (Å²) in [6, 6.07) is 3.98. The van der Waals surface area contributed by atoms with Gasteiger partial charge in [0.2, 0.25) is 0 Å². The summed E-state index contributed by atoms with van der Waals surface area (Å²) in [5, 5.41) is 0. The molecule has 2 rings (SSSR count). The van der Waals surface area contributed by atoms with Crippen molar-refractivity contribution < 1.29 is 9.53 Å². The fourth-order valence-corrected chi connectivity index (χ4v) is 3.61. The third-order valence-electron chi connectivity index (χ3n) is 4.43.